The molecule has 5 nitrogen and oxygen atoms in total. The number of guanidine groups is 1. The minimum Gasteiger partial charge on any atom is -0.357 e. The van der Waals surface area contributed by atoms with Crippen LogP contribution in [0, 0.1) is 6.92 Å². The quantitative estimate of drug-likeness (QED) is 0.378. The maximum absolute atomic E-state index is 11.6. The molecule has 6 heteroatoms. The van der Waals surface area contributed by atoms with Crippen molar-refractivity contribution in [1.82, 2.24) is 15.5 Å². The number of nitrogens with zero attached hydrogens (tertiary/aromatic N) is 2. The van der Waals surface area contributed by atoms with E-state index in [0.29, 0.717) is 12.1 Å². The average Bonchev–Trinajstić information content (AvgIpc) is 2.66. The number of carbonyl (C=O) groups is 1. The Balaban J connectivity index is 0.00000364. The highest BCUT2D eigenvalue weighted by Gasteiger charge is 2.08. The van der Waals surface area contributed by atoms with Crippen LogP contribution in [0.5, 0.6) is 0 Å². The molecule has 2 rings (SSSR count). The van der Waals surface area contributed by atoms with Crippen LogP contribution in [-0.2, 0) is 13.1 Å². The Morgan fingerprint density at radius 1 is 1.11 bits per heavy atom. The Bertz CT molecular complexity index is 759. The summed E-state index contributed by atoms with van der Waals surface area (Å²) in [5, 5.41) is 5.97. The Kier molecular flexibility index (Phi) is 9.85. The lowest BCUT2D eigenvalue weighted by atomic mass is 10.1. The summed E-state index contributed by atoms with van der Waals surface area (Å²) in [4.78, 5) is 18.5. The van der Waals surface area contributed by atoms with Gasteiger partial charge in [0.1, 0.15) is 0 Å². The van der Waals surface area contributed by atoms with E-state index in [1.54, 1.807) is 7.05 Å². The zero-order chi connectivity index (χ0) is 18.9. The minimum atomic E-state index is -0.0774. The van der Waals surface area contributed by atoms with Crippen molar-refractivity contribution in [3.63, 3.8) is 0 Å². The Morgan fingerprint density at radius 3 is 2.37 bits per heavy atom. The molecule has 146 valence electrons. The monoisotopic (exact) mass is 480 g/mol. The second kappa shape index (κ2) is 11.6. The number of carbonyl (C=O) groups excluding carboxylic acids is 1. The maximum atomic E-state index is 11.6. The van der Waals surface area contributed by atoms with Crippen molar-refractivity contribution in [1.29, 1.82) is 0 Å². The van der Waals surface area contributed by atoms with Gasteiger partial charge in [0.2, 0.25) is 0 Å². The molecule has 1 amide bonds. The molecule has 0 aromatic heterocycles. The summed E-state index contributed by atoms with van der Waals surface area (Å²) in [7, 11) is 3.68. The number of rotatable bonds is 6. The summed E-state index contributed by atoms with van der Waals surface area (Å²) in [6, 6.07) is 15.9. The molecule has 0 unspecified atom stereocenters. The SMILES string of the molecule is CCNC(=NCc1ccc(C(=O)NC)cc1)N(C)Cc1ccccc1C.I. The Hall–Kier alpha value is -2.09. The highest BCUT2D eigenvalue weighted by Crippen LogP contribution is 2.10. The van der Waals surface area contributed by atoms with E-state index >= 15 is 0 Å². The van der Waals surface area contributed by atoms with E-state index in [-0.39, 0.29) is 29.9 Å². The molecule has 0 saturated heterocycles. The number of hydrogen-bond acceptors (Lipinski definition) is 2. The van der Waals surface area contributed by atoms with Crippen molar-refractivity contribution < 1.29 is 4.79 Å². The molecule has 0 bridgehead atoms. The second-order valence-corrected chi connectivity index (χ2v) is 6.23. The fourth-order valence-corrected chi connectivity index (χ4v) is 2.66. The highest BCUT2D eigenvalue weighted by molar-refractivity contribution is 14.0. The van der Waals surface area contributed by atoms with Crippen LogP contribution < -0.4 is 10.6 Å². The van der Waals surface area contributed by atoms with Crippen LogP contribution in [-0.4, -0.2) is 37.4 Å². The maximum Gasteiger partial charge on any atom is 0.251 e. The van der Waals surface area contributed by atoms with Gasteiger partial charge in [0.15, 0.2) is 5.96 Å². The molecule has 27 heavy (non-hydrogen) atoms. The van der Waals surface area contributed by atoms with Gasteiger partial charge in [-0.3, -0.25) is 4.79 Å². The first-order valence-electron chi connectivity index (χ1n) is 8.90. The summed E-state index contributed by atoms with van der Waals surface area (Å²) in [5.41, 5.74) is 4.29. The van der Waals surface area contributed by atoms with Gasteiger partial charge in [-0.2, -0.15) is 0 Å². The van der Waals surface area contributed by atoms with Crippen molar-refractivity contribution in [3.05, 3.63) is 70.8 Å². The van der Waals surface area contributed by atoms with E-state index in [2.05, 4.69) is 53.6 Å². The van der Waals surface area contributed by atoms with Crippen LogP contribution >= 0.6 is 24.0 Å². The van der Waals surface area contributed by atoms with Gasteiger partial charge in [-0.15, -0.1) is 24.0 Å². The molecule has 0 radical (unpaired) electrons. The number of benzene rings is 2. The summed E-state index contributed by atoms with van der Waals surface area (Å²) < 4.78 is 0. The predicted molar refractivity (Wildman–Crippen MR) is 123 cm³/mol. The molecule has 0 aliphatic heterocycles. The summed E-state index contributed by atoms with van der Waals surface area (Å²) in [6.45, 7) is 6.37. The standard InChI is InChI=1S/C21H28N4O.HI/c1-5-23-21(25(4)15-19-9-7-6-8-16(19)2)24-14-17-10-12-18(13-11-17)20(26)22-3;/h6-13H,5,14-15H2,1-4H3,(H,22,26)(H,23,24);1H. The third-order valence-electron chi connectivity index (χ3n) is 4.22. The van der Waals surface area contributed by atoms with Crippen LogP contribution in [0.25, 0.3) is 0 Å². The van der Waals surface area contributed by atoms with Gasteiger partial charge in [-0.05, 0) is 42.7 Å². The van der Waals surface area contributed by atoms with Crippen LogP contribution in [0.1, 0.15) is 34.0 Å². The zero-order valence-electron chi connectivity index (χ0n) is 16.5. The number of aryl methyl sites for hydroxylation is 1. The van der Waals surface area contributed by atoms with Gasteiger partial charge in [0.25, 0.3) is 5.91 Å². The average molecular weight is 480 g/mol. The number of nitrogens with one attached hydrogen (secondary N) is 2. The number of aliphatic imine (C=N–C) groups is 1. The lowest BCUT2D eigenvalue weighted by molar-refractivity contribution is 0.0963. The Labute approximate surface area is 179 Å². The first kappa shape index (κ1) is 23.0. The van der Waals surface area contributed by atoms with E-state index < -0.39 is 0 Å². The third-order valence-corrected chi connectivity index (χ3v) is 4.22. The van der Waals surface area contributed by atoms with E-state index in [4.69, 9.17) is 4.99 Å². The molecule has 0 saturated carbocycles. The topological polar surface area (TPSA) is 56.7 Å². The van der Waals surface area contributed by atoms with Crippen molar-refractivity contribution in [2.45, 2.75) is 26.9 Å². The lowest BCUT2D eigenvalue weighted by Gasteiger charge is -2.23. The predicted octanol–water partition coefficient (Wildman–Crippen LogP) is 3.57. The molecule has 2 aromatic carbocycles. The van der Waals surface area contributed by atoms with Crippen LogP contribution in [0.2, 0.25) is 0 Å². The fraction of sp³-hybridized carbons (Fsp3) is 0.333. The summed E-state index contributed by atoms with van der Waals surface area (Å²) >= 11 is 0. The van der Waals surface area contributed by atoms with Gasteiger partial charge in [-0.25, -0.2) is 4.99 Å². The van der Waals surface area contributed by atoms with Crippen molar-refractivity contribution in [2.75, 3.05) is 20.6 Å². The smallest absolute Gasteiger partial charge is 0.251 e. The molecule has 2 N–H and O–H groups in total. The van der Waals surface area contributed by atoms with E-state index in [9.17, 15) is 4.79 Å². The van der Waals surface area contributed by atoms with Gasteiger partial charge in [-0.1, -0.05) is 36.4 Å². The van der Waals surface area contributed by atoms with E-state index in [0.717, 1.165) is 24.6 Å². The highest BCUT2D eigenvalue weighted by atomic mass is 127. The minimum absolute atomic E-state index is 0. The number of halogens is 1. The van der Waals surface area contributed by atoms with Gasteiger partial charge in [0.05, 0.1) is 6.54 Å². The van der Waals surface area contributed by atoms with Gasteiger partial charge < -0.3 is 15.5 Å². The summed E-state index contributed by atoms with van der Waals surface area (Å²) in [5.74, 6) is 0.789. The second-order valence-electron chi connectivity index (χ2n) is 6.23. The van der Waals surface area contributed by atoms with Crippen molar-refractivity contribution in [3.8, 4) is 0 Å². The van der Waals surface area contributed by atoms with E-state index in [1.807, 2.05) is 31.3 Å². The molecule has 0 spiro atoms. The molecule has 0 aliphatic rings. The molecular formula is C21H29IN4O. The first-order chi connectivity index (χ1) is 12.5. The third kappa shape index (κ3) is 6.86. The van der Waals surface area contributed by atoms with Crippen molar-refractivity contribution >= 4 is 35.8 Å². The van der Waals surface area contributed by atoms with Crippen molar-refractivity contribution in [2.24, 2.45) is 4.99 Å². The van der Waals surface area contributed by atoms with Gasteiger partial charge >= 0.3 is 0 Å². The number of hydrogen-bond donors (Lipinski definition) is 2. The number of amides is 1. The van der Waals surface area contributed by atoms with Crippen LogP contribution in [0.15, 0.2) is 53.5 Å². The zero-order valence-corrected chi connectivity index (χ0v) is 18.8. The van der Waals surface area contributed by atoms with Gasteiger partial charge in [0, 0.05) is 32.7 Å². The summed E-state index contributed by atoms with van der Waals surface area (Å²) in [6.07, 6.45) is 0. The molecule has 2 aromatic rings. The molecule has 0 aliphatic carbocycles. The largest absolute Gasteiger partial charge is 0.357 e. The van der Waals surface area contributed by atoms with Crippen LogP contribution in [0.3, 0.4) is 0 Å². The fourth-order valence-electron chi connectivity index (χ4n) is 2.66. The molecule has 0 atom stereocenters. The lowest BCUT2D eigenvalue weighted by Crippen LogP contribution is -2.38. The first-order valence-corrected chi connectivity index (χ1v) is 8.90. The molecule has 0 fully saturated rings. The van der Waals surface area contributed by atoms with E-state index in [1.165, 1.54) is 11.1 Å². The van der Waals surface area contributed by atoms with Crippen LogP contribution in [0.4, 0.5) is 0 Å². The molecular weight excluding hydrogens is 451 g/mol. The normalized spacial score (nSPS) is 10.7. The molecule has 0 heterocycles. The Morgan fingerprint density at radius 2 is 1.78 bits per heavy atom.